The second-order valence-electron chi connectivity index (χ2n) is 21.3. The standard InChI is InChI=1S/C45H85NO4SSi3/c1-24-39(49-53(20,21)43(10,11)12)45(16,17)41(47)35(5)40(50-54(22,23)44(13,14)15)33(3)27-25-26-32(2)28-29-38(48-52(18,19)42(7,8)9)34(4)30-37-31-51-36(6)46-37/h25,27-28,30-31,33,35,38-40H,24,26,29H2,1-23H3/b27-25-,32-28-,34-30+/t33-,35+,38-,39-,40-/m0/s1. The van der Waals surface area contributed by atoms with E-state index in [1.807, 2.05) is 0 Å². The molecule has 9 heteroatoms. The molecule has 1 aromatic heterocycles. The van der Waals surface area contributed by atoms with Gasteiger partial charge >= 0.3 is 0 Å². The van der Waals surface area contributed by atoms with Crippen molar-refractivity contribution in [1.82, 2.24) is 4.98 Å². The molecule has 0 saturated heterocycles. The Morgan fingerprint density at radius 2 is 1.30 bits per heavy atom. The van der Waals surface area contributed by atoms with E-state index < -0.39 is 30.4 Å². The molecule has 0 spiro atoms. The van der Waals surface area contributed by atoms with Crippen molar-refractivity contribution < 1.29 is 18.1 Å². The minimum atomic E-state index is -2.20. The second kappa shape index (κ2) is 19.2. The molecule has 0 amide bonds. The van der Waals surface area contributed by atoms with Gasteiger partial charge in [0, 0.05) is 16.7 Å². The largest absolute Gasteiger partial charge is 0.413 e. The monoisotopic (exact) mass is 820 g/mol. The topological polar surface area (TPSA) is 57.7 Å². The molecule has 0 N–H and O–H groups in total. The van der Waals surface area contributed by atoms with Crippen molar-refractivity contribution in [2.45, 2.75) is 210 Å². The molecule has 0 unspecified atom stereocenters. The van der Waals surface area contributed by atoms with Crippen LogP contribution >= 0.6 is 11.3 Å². The Balaban J connectivity index is 3.40. The Hall–Kier alpha value is -0.949. The molecule has 0 aliphatic carbocycles. The van der Waals surface area contributed by atoms with E-state index in [1.54, 1.807) is 11.3 Å². The number of rotatable bonds is 19. The number of ketones is 1. The van der Waals surface area contributed by atoms with Crippen molar-refractivity contribution in [1.29, 1.82) is 0 Å². The fourth-order valence-electron chi connectivity index (χ4n) is 5.95. The molecule has 0 aliphatic heterocycles. The van der Waals surface area contributed by atoms with Gasteiger partial charge in [-0.25, -0.2) is 4.98 Å². The summed E-state index contributed by atoms with van der Waals surface area (Å²) in [6.07, 6.45) is 11.2. The van der Waals surface area contributed by atoms with Gasteiger partial charge in [-0.15, -0.1) is 11.3 Å². The number of hydrogen-bond donors (Lipinski definition) is 0. The minimum absolute atomic E-state index is 0.00379. The van der Waals surface area contributed by atoms with Gasteiger partial charge < -0.3 is 13.3 Å². The van der Waals surface area contributed by atoms with Crippen LogP contribution in [-0.4, -0.2) is 54.0 Å². The molecule has 5 atom stereocenters. The van der Waals surface area contributed by atoms with Gasteiger partial charge in [0.2, 0.25) is 0 Å². The van der Waals surface area contributed by atoms with Crippen LogP contribution in [0, 0.1) is 24.2 Å². The third-order valence-electron chi connectivity index (χ3n) is 13.0. The summed E-state index contributed by atoms with van der Waals surface area (Å²) in [4.78, 5) is 19.4. The van der Waals surface area contributed by atoms with Gasteiger partial charge in [-0.3, -0.25) is 4.79 Å². The van der Waals surface area contributed by atoms with Gasteiger partial charge in [0.1, 0.15) is 5.78 Å². The molecule has 0 aliphatic rings. The van der Waals surface area contributed by atoms with Crippen LogP contribution in [0.4, 0.5) is 0 Å². The number of aryl methyl sites for hydroxylation is 1. The highest BCUT2D eigenvalue weighted by molar-refractivity contribution is 7.09. The SMILES string of the molecule is CC[C@H](O[Si](C)(C)C(C)(C)C)C(C)(C)C(=O)[C@H](C)[C@@H](O[Si](C)(C)C(C)(C)C)[C@@H](C)/C=C\C/C(C)=C\C[C@H](O[Si](C)(C)C(C)(C)C)/C(C)=C/c1csc(C)n1. The highest BCUT2D eigenvalue weighted by Crippen LogP contribution is 2.44. The lowest BCUT2D eigenvalue weighted by Gasteiger charge is -2.46. The van der Waals surface area contributed by atoms with Crippen LogP contribution in [0.5, 0.6) is 0 Å². The van der Waals surface area contributed by atoms with Gasteiger partial charge in [0.15, 0.2) is 25.0 Å². The molecule has 1 rings (SSSR count). The van der Waals surface area contributed by atoms with E-state index in [1.165, 1.54) is 11.1 Å². The maximum absolute atomic E-state index is 14.7. The van der Waals surface area contributed by atoms with Gasteiger partial charge in [0.05, 0.1) is 29.0 Å². The fraction of sp³-hybridized carbons (Fsp3) is 0.778. The van der Waals surface area contributed by atoms with Crippen molar-refractivity contribution in [3.05, 3.63) is 45.5 Å². The molecule has 0 bridgehead atoms. The highest BCUT2D eigenvalue weighted by Gasteiger charge is 2.49. The first-order valence-corrected chi connectivity index (χ1v) is 30.2. The molecular formula is C45H85NO4SSi3. The van der Waals surface area contributed by atoms with Gasteiger partial charge in [-0.2, -0.15) is 0 Å². The zero-order valence-electron chi connectivity index (χ0n) is 39.4. The van der Waals surface area contributed by atoms with Crippen molar-refractivity contribution in [3.8, 4) is 0 Å². The van der Waals surface area contributed by atoms with Crippen LogP contribution in [0.1, 0.15) is 141 Å². The molecule has 0 aromatic carbocycles. The summed E-state index contributed by atoms with van der Waals surface area (Å²) in [6.45, 7) is 51.5. The number of nitrogens with zero attached hydrogens (tertiary/aromatic N) is 1. The Morgan fingerprint density at radius 1 is 0.815 bits per heavy atom. The number of allylic oxidation sites excluding steroid dienone is 2. The quantitative estimate of drug-likeness (QED) is 0.103. The van der Waals surface area contributed by atoms with E-state index in [4.69, 9.17) is 18.3 Å². The summed E-state index contributed by atoms with van der Waals surface area (Å²) in [5.41, 5.74) is 2.89. The number of carbonyl (C=O) groups is 1. The predicted octanol–water partition coefficient (Wildman–Crippen LogP) is 14.6. The van der Waals surface area contributed by atoms with Gasteiger partial charge in [0.25, 0.3) is 0 Å². The fourth-order valence-corrected chi connectivity index (χ4v) is 10.8. The first-order valence-electron chi connectivity index (χ1n) is 20.6. The summed E-state index contributed by atoms with van der Waals surface area (Å²) in [7, 11) is -6.29. The average Bonchev–Trinajstić information content (AvgIpc) is 3.41. The lowest BCUT2D eigenvalue weighted by molar-refractivity contribution is -0.140. The number of hydrogen-bond acceptors (Lipinski definition) is 6. The van der Waals surface area contributed by atoms with E-state index in [0.29, 0.717) is 0 Å². The van der Waals surface area contributed by atoms with Gasteiger partial charge in [-0.05, 0) is 112 Å². The van der Waals surface area contributed by atoms with Crippen molar-refractivity contribution >= 4 is 48.1 Å². The highest BCUT2D eigenvalue weighted by atomic mass is 32.1. The van der Waals surface area contributed by atoms with E-state index >= 15 is 0 Å². The molecule has 54 heavy (non-hydrogen) atoms. The van der Waals surface area contributed by atoms with Crippen LogP contribution in [0.3, 0.4) is 0 Å². The molecule has 1 aromatic rings. The van der Waals surface area contributed by atoms with Crippen molar-refractivity contribution in [2.75, 3.05) is 0 Å². The summed E-state index contributed by atoms with van der Waals surface area (Å²) >= 11 is 1.68. The van der Waals surface area contributed by atoms with E-state index in [0.717, 1.165) is 30.0 Å². The summed E-state index contributed by atoms with van der Waals surface area (Å²) in [5, 5.41) is 3.41. The predicted molar refractivity (Wildman–Crippen MR) is 246 cm³/mol. The second-order valence-corrected chi connectivity index (χ2v) is 36.6. The van der Waals surface area contributed by atoms with Crippen molar-refractivity contribution in [2.24, 2.45) is 17.3 Å². The Morgan fingerprint density at radius 3 is 1.74 bits per heavy atom. The molecule has 1 heterocycles. The van der Waals surface area contributed by atoms with Crippen LogP contribution in [0.15, 0.2) is 34.8 Å². The first kappa shape index (κ1) is 51.1. The Labute approximate surface area is 342 Å². The number of aromatic nitrogens is 1. The molecule has 0 saturated carbocycles. The number of carbonyl (C=O) groups excluding carboxylic acids is 1. The van der Waals surface area contributed by atoms with E-state index in [-0.39, 0.29) is 51.0 Å². The summed E-state index contributed by atoms with van der Waals surface area (Å²) < 4.78 is 21.2. The zero-order chi connectivity index (χ0) is 42.5. The average molecular weight is 821 g/mol. The molecule has 0 fully saturated rings. The van der Waals surface area contributed by atoms with Gasteiger partial charge in [-0.1, -0.05) is 121 Å². The molecule has 312 valence electrons. The van der Waals surface area contributed by atoms with Crippen LogP contribution in [0.2, 0.25) is 54.4 Å². The number of Topliss-reactive ketones (excluding diaryl/α,β-unsaturated/α-hetero) is 1. The lowest BCUT2D eigenvalue weighted by Crippen LogP contribution is -2.53. The summed E-state index contributed by atoms with van der Waals surface area (Å²) in [5.74, 6) is 0.00793. The van der Waals surface area contributed by atoms with E-state index in [9.17, 15) is 4.79 Å². The maximum Gasteiger partial charge on any atom is 0.192 e. The maximum atomic E-state index is 14.7. The first-order chi connectivity index (χ1) is 24.1. The lowest BCUT2D eigenvalue weighted by atomic mass is 9.73. The molecular weight excluding hydrogens is 735 g/mol. The van der Waals surface area contributed by atoms with Crippen LogP contribution < -0.4 is 0 Å². The van der Waals surface area contributed by atoms with Crippen LogP contribution in [0.25, 0.3) is 6.08 Å². The minimum Gasteiger partial charge on any atom is -0.413 e. The third-order valence-corrected chi connectivity index (χ3v) is 27.3. The normalized spacial score (nSPS) is 17.8. The van der Waals surface area contributed by atoms with E-state index in [2.05, 4.69) is 187 Å². The molecule has 0 radical (unpaired) electrons. The Bertz CT molecular complexity index is 1450. The van der Waals surface area contributed by atoms with Crippen molar-refractivity contribution in [3.63, 3.8) is 0 Å². The number of thiazole rings is 1. The third kappa shape index (κ3) is 14.2. The zero-order valence-corrected chi connectivity index (χ0v) is 43.2. The molecule has 5 nitrogen and oxygen atoms in total. The smallest absolute Gasteiger partial charge is 0.192 e. The van der Waals surface area contributed by atoms with Crippen LogP contribution in [-0.2, 0) is 18.1 Å². The Kier molecular flexibility index (Phi) is 18.2. The summed E-state index contributed by atoms with van der Waals surface area (Å²) in [6, 6.07) is 0.